The molecule has 0 aliphatic rings. The molecule has 2 rings (SSSR count). The van der Waals surface area contributed by atoms with Gasteiger partial charge in [0.25, 0.3) is 0 Å². The molecule has 0 N–H and O–H groups in total. The lowest BCUT2D eigenvalue weighted by Crippen LogP contribution is -2.05. The van der Waals surface area contributed by atoms with Gasteiger partial charge in [-0.1, -0.05) is 29.8 Å². The number of ketones is 1. The van der Waals surface area contributed by atoms with Crippen molar-refractivity contribution in [2.24, 2.45) is 0 Å². The molecule has 2 aromatic rings. The Kier molecular flexibility index (Phi) is 3.37. The van der Waals surface area contributed by atoms with E-state index in [1.54, 1.807) is 6.92 Å². The molecular formula is C16H19NO. The van der Waals surface area contributed by atoms with E-state index < -0.39 is 0 Å². The van der Waals surface area contributed by atoms with E-state index in [9.17, 15) is 4.79 Å². The summed E-state index contributed by atoms with van der Waals surface area (Å²) in [5.74, 6) is 0.137. The van der Waals surface area contributed by atoms with Crippen LogP contribution in [0.5, 0.6) is 0 Å². The Morgan fingerprint density at radius 3 is 2.22 bits per heavy atom. The highest BCUT2D eigenvalue weighted by atomic mass is 16.1. The fraction of sp³-hybridized carbons (Fsp3) is 0.312. The first-order valence-electron chi connectivity index (χ1n) is 6.22. The molecule has 2 heteroatoms. The Balaban J connectivity index is 2.34. The Bertz CT molecular complexity index is 576. The Labute approximate surface area is 108 Å². The largest absolute Gasteiger partial charge is 0.344 e. The van der Waals surface area contributed by atoms with Gasteiger partial charge in [0.2, 0.25) is 0 Å². The second-order valence-electron chi connectivity index (χ2n) is 4.91. The van der Waals surface area contributed by atoms with E-state index in [-0.39, 0.29) is 5.78 Å². The molecule has 0 fully saturated rings. The van der Waals surface area contributed by atoms with E-state index in [1.165, 1.54) is 11.1 Å². The van der Waals surface area contributed by atoms with E-state index in [4.69, 9.17) is 0 Å². The van der Waals surface area contributed by atoms with Crippen molar-refractivity contribution in [1.82, 2.24) is 4.57 Å². The summed E-state index contributed by atoms with van der Waals surface area (Å²) in [6, 6.07) is 10.5. The third kappa shape index (κ3) is 2.37. The van der Waals surface area contributed by atoms with Gasteiger partial charge in [0.05, 0.1) is 0 Å². The number of aromatic nitrogens is 1. The lowest BCUT2D eigenvalue weighted by Gasteiger charge is -2.10. The van der Waals surface area contributed by atoms with Crippen LogP contribution in [0.2, 0.25) is 0 Å². The van der Waals surface area contributed by atoms with Crippen LogP contribution in [0.3, 0.4) is 0 Å². The minimum absolute atomic E-state index is 0.137. The summed E-state index contributed by atoms with van der Waals surface area (Å²) in [6.45, 7) is 8.60. The van der Waals surface area contributed by atoms with Crippen LogP contribution in [-0.4, -0.2) is 10.4 Å². The molecule has 0 aliphatic heterocycles. The SMILES string of the molecule is CC(=O)c1cc(C)n(Cc2ccc(C)cc2)c1C. The number of aryl methyl sites for hydroxylation is 2. The minimum Gasteiger partial charge on any atom is -0.344 e. The van der Waals surface area contributed by atoms with Crippen molar-refractivity contribution in [3.63, 3.8) is 0 Å². The molecule has 1 aromatic heterocycles. The molecule has 0 atom stereocenters. The van der Waals surface area contributed by atoms with Gasteiger partial charge in [-0.15, -0.1) is 0 Å². The van der Waals surface area contributed by atoms with Crippen molar-refractivity contribution in [1.29, 1.82) is 0 Å². The molecule has 1 heterocycles. The lowest BCUT2D eigenvalue weighted by molar-refractivity contribution is 0.101. The molecule has 18 heavy (non-hydrogen) atoms. The first kappa shape index (κ1) is 12.6. The average molecular weight is 241 g/mol. The number of Topliss-reactive ketones (excluding diaryl/α,β-unsaturated/α-hetero) is 1. The molecule has 0 saturated carbocycles. The molecule has 0 spiro atoms. The van der Waals surface area contributed by atoms with Gasteiger partial charge >= 0.3 is 0 Å². The number of nitrogens with zero attached hydrogens (tertiary/aromatic N) is 1. The fourth-order valence-corrected chi connectivity index (χ4v) is 2.28. The quantitative estimate of drug-likeness (QED) is 0.752. The van der Waals surface area contributed by atoms with Crippen molar-refractivity contribution in [2.45, 2.75) is 34.2 Å². The zero-order valence-corrected chi connectivity index (χ0v) is 11.4. The predicted molar refractivity (Wildman–Crippen MR) is 74.2 cm³/mol. The highest BCUT2D eigenvalue weighted by molar-refractivity contribution is 5.95. The summed E-state index contributed by atoms with van der Waals surface area (Å²) in [6.07, 6.45) is 0. The molecular weight excluding hydrogens is 222 g/mol. The average Bonchev–Trinajstić information content (AvgIpc) is 2.60. The zero-order chi connectivity index (χ0) is 13.3. The number of hydrogen-bond donors (Lipinski definition) is 0. The number of carbonyl (C=O) groups excluding carboxylic acids is 1. The monoisotopic (exact) mass is 241 g/mol. The zero-order valence-electron chi connectivity index (χ0n) is 11.4. The van der Waals surface area contributed by atoms with E-state index in [1.807, 2.05) is 19.9 Å². The molecule has 0 radical (unpaired) electrons. The van der Waals surface area contributed by atoms with E-state index in [0.29, 0.717) is 0 Å². The van der Waals surface area contributed by atoms with Crippen LogP contribution in [0.25, 0.3) is 0 Å². The van der Waals surface area contributed by atoms with Gasteiger partial charge in [0.15, 0.2) is 5.78 Å². The van der Waals surface area contributed by atoms with E-state index in [0.717, 1.165) is 23.5 Å². The maximum Gasteiger partial charge on any atom is 0.161 e. The lowest BCUT2D eigenvalue weighted by atomic mass is 10.1. The molecule has 2 nitrogen and oxygen atoms in total. The molecule has 0 amide bonds. The molecule has 0 saturated heterocycles. The summed E-state index contributed by atoms with van der Waals surface area (Å²) in [4.78, 5) is 11.5. The topological polar surface area (TPSA) is 22.0 Å². The van der Waals surface area contributed by atoms with Crippen molar-refractivity contribution in [2.75, 3.05) is 0 Å². The van der Waals surface area contributed by atoms with Crippen LogP contribution in [0, 0.1) is 20.8 Å². The highest BCUT2D eigenvalue weighted by Crippen LogP contribution is 2.17. The molecule has 1 aromatic carbocycles. The van der Waals surface area contributed by atoms with Crippen LogP contribution in [-0.2, 0) is 6.54 Å². The number of carbonyl (C=O) groups is 1. The van der Waals surface area contributed by atoms with Crippen LogP contribution < -0.4 is 0 Å². The molecule has 0 aliphatic carbocycles. The summed E-state index contributed by atoms with van der Waals surface area (Å²) in [7, 11) is 0. The molecule has 0 unspecified atom stereocenters. The summed E-state index contributed by atoms with van der Waals surface area (Å²) >= 11 is 0. The van der Waals surface area contributed by atoms with Crippen LogP contribution in [0.4, 0.5) is 0 Å². The van der Waals surface area contributed by atoms with Gasteiger partial charge in [0.1, 0.15) is 0 Å². The van der Waals surface area contributed by atoms with Crippen molar-refractivity contribution >= 4 is 5.78 Å². The third-order valence-electron chi connectivity index (χ3n) is 3.41. The van der Waals surface area contributed by atoms with Gasteiger partial charge in [-0.25, -0.2) is 0 Å². The maximum atomic E-state index is 11.5. The standard InChI is InChI=1S/C16H19NO/c1-11-5-7-15(8-6-11)10-17-12(2)9-16(13(17)3)14(4)18/h5-9H,10H2,1-4H3. The Morgan fingerprint density at radius 1 is 1.11 bits per heavy atom. The Morgan fingerprint density at radius 2 is 1.72 bits per heavy atom. The second-order valence-corrected chi connectivity index (χ2v) is 4.91. The van der Waals surface area contributed by atoms with Gasteiger partial charge in [-0.05, 0) is 39.3 Å². The fourth-order valence-electron chi connectivity index (χ4n) is 2.28. The van der Waals surface area contributed by atoms with E-state index in [2.05, 4.69) is 35.8 Å². The van der Waals surface area contributed by atoms with Crippen molar-refractivity contribution < 1.29 is 4.79 Å². The van der Waals surface area contributed by atoms with Gasteiger partial charge in [-0.2, -0.15) is 0 Å². The molecule has 0 bridgehead atoms. The van der Waals surface area contributed by atoms with Crippen LogP contribution >= 0.6 is 0 Å². The predicted octanol–water partition coefficient (Wildman–Crippen LogP) is 3.66. The summed E-state index contributed by atoms with van der Waals surface area (Å²) in [5, 5.41) is 0. The smallest absolute Gasteiger partial charge is 0.161 e. The van der Waals surface area contributed by atoms with Gasteiger partial charge in [-0.3, -0.25) is 4.79 Å². The van der Waals surface area contributed by atoms with Crippen molar-refractivity contribution in [3.8, 4) is 0 Å². The third-order valence-corrected chi connectivity index (χ3v) is 3.41. The number of hydrogen-bond acceptors (Lipinski definition) is 1. The Hall–Kier alpha value is -1.83. The minimum atomic E-state index is 0.137. The highest BCUT2D eigenvalue weighted by Gasteiger charge is 2.12. The molecule has 94 valence electrons. The number of benzene rings is 1. The summed E-state index contributed by atoms with van der Waals surface area (Å²) < 4.78 is 2.20. The van der Waals surface area contributed by atoms with Crippen LogP contribution in [0.1, 0.15) is 39.8 Å². The summed E-state index contributed by atoms with van der Waals surface area (Å²) in [5.41, 5.74) is 5.56. The maximum absolute atomic E-state index is 11.5. The number of rotatable bonds is 3. The first-order valence-corrected chi connectivity index (χ1v) is 6.22. The first-order chi connectivity index (χ1) is 8.49. The second kappa shape index (κ2) is 4.81. The van der Waals surface area contributed by atoms with E-state index >= 15 is 0 Å². The van der Waals surface area contributed by atoms with Crippen molar-refractivity contribution in [3.05, 3.63) is 58.4 Å². The van der Waals surface area contributed by atoms with Crippen LogP contribution in [0.15, 0.2) is 30.3 Å². The van der Waals surface area contributed by atoms with Gasteiger partial charge < -0.3 is 4.57 Å². The van der Waals surface area contributed by atoms with Gasteiger partial charge in [0, 0.05) is 23.5 Å². The normalized spacial score (nSPS) is 10.7.